The molecular formula is C21H39N7O6. The summed E-state index contributed by atoms with van der Waals surface area (Å²) >= 11 is 0. The second-order valence-corrected chi connectivity index (χ2v) is 8.25. The van der Waals surface area contributed by atoms with Gasteiger partial charge in [0.05, 0.1) is 12.9 Å². The zero-order chi connectivity index (χ0) is 26.3. The Morgan fingerprint density at radius 2 is 1.82 bits per heavy atom. The molecule has 13 heteroatoms. The highest BCUT2D eigenvalue weighted by Crippen LogP contribution is 2.08. The number of nitrogens with zero attached hydrogens (tertiary/aromatic N) is 3. The second-order valence-electron chi connectivity index (χ2n) is 8.25. The minimum Gasteiger partial charge on any atom is -0.462 e. The van der Waals surface area contributed by atoms with Gasteiger partial charge in [0.1, 0.15) is 31.8 Å². The van der Waals surface area contributed by atoms with Crippen LogP contribution in [0.4, 0.5) is 5.95 Å². The number of H-pyrrole nitrogens is 1. The summed E-state index contributed by atoms with van der Waals surface area (Å²) in [6.45, 7) is 10.5. The molecule has 7 N–H and O–H groups in total. The van der Waals surface area contributed by atoms with Gasteiger partial charge in [0, 0.05) is 13.7 Å². The number of nitrogens with one attached hydrogen (secondary N) is 1. The number of imidazole rings is 1. The predicted molar refractivity (Wildman–Crippen MR) is 129 cm³/mol. The lowest BCUT2D eigenvalue weighted by Gasteiger charge is -2.20. The van der Waals surface area contributed by atoms with Crippen LogP contribution in [0.3, 0.4) is 0 Å². The molecule has 0 fully saturated rings. The fraction of sp³-hybridized carbons (Fsp3) is 0.667. The van der Waals surface area contributed by atoms with Gasteiger partial charge in [0.2, 0.25) is 5.95 Å². The van der Waals surface area contributed by atoms with Gasteiger partial charge in [-0.2, -0.15) is 4.98 Å². The SMILES string of the molecule is CC(C)C.COCC(COC(=O)C(N)C(C)C)OCn1cnc2c(=O)[nH]c(N)nc21.NCC=O. The van der Waals surface area contributed by atoms with Crippen molar-refractivity contribution < 1.29 is 23.8 Å². The van der Waals surface area contributed by atoms with Crippen molar-refractivity contribution in [2.45, 2.75) is 53.5 Å². The van der Waals surface area contributed by atoms with Gasteiger partial charge in [-0.3, -0.25) is 19.1 Å². The van der Waals surface area contributed by atoms with E-state index in [1.807, 2.05) is 13.8 Å². The number of hydrogen-bond donors (Lipinski definition) is 4. The summed E-state index contributed by atoms with van der Waals surface area (Å²) in [5.41, 5.74) is 16.0. The number of carbonyl (C=O) groups is 2. The van der Waals surface area contributed by atoms with Crippen molar-refractivity contribution in [1.82, 2.24) is 19.5 Å². The van der Waals surface area contributed by atoms with Crippen molar-refractivity contribution >= 4 is 29.4 Å². The highest BCUT2D eigenvalue weighted by molar-refractivity contribution is 5.75. The van der Waals surface area contributed by atoms with Crippen LogP contribution in [0, 0.1) is 11.8 Å². The monoisotopic (exact) mass is 485 g/mol. The van der Waals surface area contributed by atoms with Crippen molar-refractivity contribution in [2.75, 3.05) is 32.6 Å². The maximum Gasteiger partial charge on any atom is 0.323 e. The number of carbonyl (C=O) groups excluding carboxylic acids is 2. The molecule has 2 atom stereocenters. The molecule has 0 aromatic carbocycles. The molecule has 2 heterocycles. The molecular weight excluding hydrogens is 446 g/mol. The van der Waals surface area contributed by atoms with Crippen LogP contribution in [0.2, 0.25) is 0 Å². The Bertz CT molecular complexity index is 910. The number of aromatic nitrogens is 4. The van der Waals surface area contributed by atoms with Gasteiger partial charge in [0.25, 0.3) is 5.56 Å². The van der Waals surface area contributed by atoms with E-state index >= 15 is 0 Å². The lowest BCUT2D eigenvalue weighted by atomic mass is 10.1. The highest BCUT2D eigenvalue weighted by atomic mass is 16.6. The van der Waals surface area contributed by atoms with Crippen LogP contribution in [0.25, 0.3) is 11.2 Å². The first kappa shape index (κ1) is 31.1. The minimum atomic E-state index is -0.699. The van der Waals surface area contributed by atoms with E-state index in [0.717, 1.165) is 5.92 Å². The molecule has 0 spiro atoms. The summed E-state index contributed by atoms with van der Waals surface area (Å²) < 4.78 is 17.5. The Morgan fingerprint density at radius 3 is 2.32 bits per heavy atom. The van der Waals surface area contributed by atoms with Crippen LogP contribution in [0.5, 0.6) is 0 Å². The minimum absolute atomic E-state index is 0.0180. The highest BCUT2D eigenvalue weighted by Gasteiger charge is 2.21. The zero-order valence-corrected chi connectivity index (χ0v) is 20.8. The molecule has 0 amide bonds. The molecule has 0 aliphatic rings. The number of methoxy groups -OCH3 is 1. The van der Waals surface area contributed by atoms with E-state index in [1.165, 1.54) is 18.0 Å². The molecule has 0 aliphatic heterocycles. The molecule has 2 aromatic heterocycles. The number of hydrogen-bond acceptors (Lipinski definition) is 11. The van der Waals surface area contributed by atoms with Gasteiger partial charge < -0.3 is 36.2 Å². The van der Waals surface area contributed by atoms with Crippen LogP contribution in [0.15, 0.2) is 11.1 Å². The first-order valence-corrected chi connectivity index (χ1v) is 10.8. The Kier molecular flexibility index (Phi) is 15.3. The Labute approximate surface area is 199 Å². The van der Waals surface area contributed by atoms with E-state index in [2.05, 4.69) is 41.5 Å². The second kappa shape index (κ2) is 16.7. The van der Waals surface area contributed by atoms with Crippen molar-refractivity contribution in [3.05, 3.63) is 16.7 Å². The third-order valence-electron chi connectivity index (χ3n) is 3.79. The third kappa shape index (κ3) is 11.8. The molecule has 13 nitrogen and oxygen atoms in total. The van der Waals surface area contributed by atoms with Crippen LogP contribution in [-0.2, 0) is 30.5 Å². The maximum atomic E-state index is 11.9. The van der Waals surface area contributed by atoms with Gasteiger partial charge >= 0.3 is 5.97 Å². The maximum absolute atomic E-state index is 11.9. The van der Waals surface area contributed by atoms with Crippen molar-refractivity contribution in [3.8, 4) is 0 Å². The summed E-state index contributed by atoms with van der Waals surface area (Å²) in [7, 11) is 1.51. The van der Waals surface area contributed by atoms with Gasteiger partial charge in [-0.15, -0.1) is 0 Å². The number of anilines is 1. The Hall–Kier alpha value is -2.87. The molecule has 0 saturated heterocycles. The topological polar surface area (TPSA) is 203 Å². The standard InChI is InChI=1S/C15H24N6O5.C4H10.C2H5NO/c1-8(2)10(16)14(23)25-5-9(4-24-3)26-7-21-6-18-11-12(21)19-15(17)20-13(11)22;1-4(2)3;3-1-2-4/h6,8-10H,4-5,7,16H2,1-3H3,(H3,17,19,20,22);4H,1-3H3;2H,1,3H2. The molecule has 0 saturated carbocycles. The fourth-order valence-corrected chi connectivity index (χ4v) is 2.12. The summed E-state index contributed by atoms with van der Waals surface area (Å²) in [5.74, 6) is 0.282. The number of fused-ring (bicyclic) bond motifs is 1. The number of rotatable bonds is 10. The van der Waals surface area contributed by atoms with Crippen molar-refractivity contribution in [2.24, 2.45) is 23.3 Å². The summed E-state index contributed by atoms with van der Waals surface area (Å²) in [4.78, 5) is 43.1. The lowest BCUT2D eigenvalue weighted by Crippen LogP contribution is -2.39. The quantitative estimate of drug-likeness (QED) is 0.261. The predicted octanol–water partition coefficient (Wildman–Crippen LogP) is 0.0237. The fourth-order valence-electron chi connectivity index (χ4n) is 2.12. The summed E-state index contributed by atoms with van der Waals surface area (Å²) in [6.07, 6.45) is 1.54. The number of esters is 1. The molecule has 194 valence electrons. The van der Waals surface area contributed by atoms with Gasteiger partial charge in [0.15, 0.2) is 11.2 Å². The molecule has 2 rings (SSSR count). The zero-order valence-electron chi connectivity index (χ0n) is 20.8. The van der Waals surface area contributed by atoms with Gasteiger partial charge in [-0.25, -0.2) is 4.98 Å². The van der Waals surface area contributed by atoms with E-state index in [1.54, 1.807) is 0 Å². The Morgan fingerprint density at radius 1 is 1.24 bits per heavy atom. The number of nitrogen functional groups attached to an aromatic ring is 1. The van der Waals surface area contributed by atoms with E-state index in [9.17, 15) is 9.59 Å². The van der Waals surface area contributed by atoms with E-state index in [0.29, 0.717) is 11.9 Å². The largest absolute Gasteiger partial charge is 0.462 e. The van der Waals surface area contributed by atoms with Crippen LogP contribution < -0.4 is 22.8 Å². The lowest BCUT2D eigenvalue weighted by molar-refractivity contribution is -0.153. The van der Waals surface area contributed by atoms with Crippen LogP contribution in [0.1, 0.15) is 34.6 Å². The van der Waals surface area contributed by atoms with Crippen molar-refractivity contribution in [3.63, 3.8) is 0 Å². The van der Waals surface area contributed by atoms with Crippen LogP contribution in [-0.4, -0.2) is 70.8 Å². The molecule has 0 radical (unpaired) electrons. The van der Waals surface area contributed by atoms with Crippen molar-refractivity contribution in [1.29, 1.82) is 0 Å². The average Bonchev–Trinajstić information content (AvgIpc) is 3.17. The average molecular weight is 486 g/mol. The molecule has 0 aliphatic carbocycles. The first-order chi connectivity index (χ1) is 16.0. The normalized spacial score (nSPS) is 12.4. The molecule has 2 aromatic rings. The number of ether oxygens (including phenoxy) is 3. The number of aldehydes is 1. The van der Waals surface area contributed by atoms with Gasteiger partial charge in [-0.05, 0) is 11.8 Å². The summed E-state index contributed by atoms with van der Waals surface area (Å²) in [5, 5.41) is 0. The van der Waals surface area contributed by atoms with Gasteiger partial charge in [-0.1, -0.05) is 34.6 Å². The molecule has 34 heavy (non-hydrogen) atoms. The smallest absolute Gasteiger partial charge is 0.323 e. The summed E-state index contributed by atoms with van der Waals surface area (Å²) in [6, 6.07) is -0.699. The first-order valence-electron chi connectivity index (χ1n) is 10.8. The number of aromatic amines is 1. The molecule has 2 unspecified atom stereocenters. The molecule has 0 bridgehead atoms. The van der Waals surface area contributed by atoms with E-state index in [4.69, 9.17) is 30.5 Å². The van der Waals surface area contributed by atoms with E-state index in [-0.39, 0.29) is 43.9 Å². The van der Waals surface area contributed by atoms with Crippen LogP contribution >= 0.6 is 0 Å². The number of nitrogens with two attached hydrogens (primary N) is 3. The Balaban J connectivity index is 0.00000118. The third-order valence-corrected chi connectivity index (χ3v) is 3.79. The van der Waals surface area contributed by atoms with E-state index < -0.39 is 23.7 Å².